The Balaban J connectivity index is 1.55. The highest BCUT2D eigenvalue weighted by Gasteiger charge is 2.25. The quantitative estimate of drug-likeness (QED) is 0.706. The average Bonchev–Trinajstić information content (AvgIpc) is 2.79. The Morgan fingerprint density at radius 3 is 2.82 bits per heavy atom. The van der Waals surface area contributed by atoms with Crippen molar-refractivity contribution in [3.8, 4) is 5.75 Å². The summed E-state index contributed by atoms with van der Waals surface area (Å²) in [5.74, 6) is 0.858. The molecule has 1 atom stereocenters. The standard InChI is InChI=1S/C22H27N3O3/c1-16-18(14-22(26)27)12-17-7-8-20(13-19(17)15-25(16)2)28-11-4-3-6-21-23-9-5-10-24-21/h5,7-10,13,18H,1,3-4,6,11-12,14-15H2,2H3,(H,26,27)/t18-/m0/s1. The summed E-state index contributed by atoms with van der Waals surface area (Å²) in [7, 11) is 1.96. The van der Waals surface area contributed by atoms with Gasteiger partial charge in [-0.25, -0.2) is 9.97 Å². The molecule has 0 unspecified atom stereocenters. The number of ether oxygens (including phenoxy) is 1. The molecule has 2 aromatic rings. The highest BCUT2D eigenvalue weighted by atomic mass is 16.5. The molecule has 0 fully saturated rings. The first-order valence-electron chi connectivity index (χ1n) is 9.65. The second kappa shape index (κ2) is 9.35. The lowest BCUT2D eigenvalue weighted by molar-refractivity contribution is -0.137. The number of aromatic nitrogens is 2. The van der Waals surface area contributed by atoms with Crippen molar-refractivity contribution in [2.75, 3.05) is 13.7 Å². The fraction of sp³-hybridized carbons (Fsp3) is 0.409. The van der Waals surface area contributed by atoms with Crippen molar-refractivity contribution in [3.05, 3.63) is 65.9 Å². The molecular weight excluding hydrogens is 354 g/mol. The third kappa shape index (κ3) is 5.31. The van der Waals surface area contributed by atoms with Crippen molar-refractivity contribution in [2.24, 2.45) is 5.92 Å². The Labute approximate surface area is 165 Å². The number of unbranched alkanes of at least 4 members (excludes halogenated alkanes) is 1. The molecular formula is C22H27N3O3. The highest BCUT2D eigenvalue weighted by molar-refractivity contribution is 5.67. The van der Waals surface area contributed by atoms with Gasteiger partial charge in [0.05, 0.1) is 13.0 Å². The largest absolute Gasteiger partial charge is 0.494 e. The number of allylic oxidation sites excluding steroid dienone is 1. The number of benzene rings is 1. The van der Waals surface area contributed by atoms with Gasteiger partial charge >= 0.3 is 5.97 Å². The molecule has 1 aliphatic rings. The fourth-order valence-corrected chi connectivity index (χ4v) is 3.53. The summed E-state index contributed by atoms with van der Waals surface area (Å²) in [6, 6.07) is 7.93. The molecule has 1 aromatic heterocycles. The molecule has 6 nitrogen and oxygen atoms in total. The summed E-state index contributed by atoms with van der Waals surface area (Å²) < 4.78 is 5.93. The van der Waals surface area contributed by atoms with E-state index in [0.717, 1.165) is 36.5 Å². The zero-order valence-corrected chi connectivity index (χ0v) is 16.3. The second-order valence-corrected chi connectivity index (χ2v) is 7.25. The van der Waals surface area contributed by atoms with E-state index in [4.69, 9.17) is 4.74 Å². The number of nitrogens with zero attached hydrogens (tertiary/aromatic N) is 3. The first kappa shape index (κ1) is 19.9. The van der Waals surface area contributed by atoms with Gasteiger partial charge in [-0.05, 0) is 48.6 Å². The summed E-state index contributed by atoms with van der Waals surface area (Å²) in [5, 5.41) is 9.18. The minimum atomic E-state index is -0.788. The number of fused-ring (bicyclic) bond motifs is 1. The molecule has 148 valence electrons. The summed E-state index contributed by atoms with van der Waals surface area (Å²) in [6.45, 7) is 5.48. The predicted molar refractivity (Wildman–Crippen MR) is 107 cm³/mol. The van der Waals surface area contributed by atoms with Crippen LogP contribution in [-0.2, 0) is 24.2 Å². The van der Waals surface area contributed by atoms with Crippen LogP contribution < -0.4 is 4.74 Å². The topological polar surface area (TPSA) is 75.5 Å². The highest BCUT2D eigenvalue weighted by Crippen LogP contribution is 2.31. The van der Waals surface area contributed by atoms with Crippen molar-refractivity contribution in [2.45, 2.75) is 38.6 Å². The van der Waals surface area contributed by atoms with Crippen LogP contribution >= 0.6 is 0 Å². The number of hydrogen-bond donors (Lipinski definition) is 1. The van der Waals surface area contributed by atoms with Crippen LogP contribution in [0.1, 0.15) is 36.2 Å². The van der Waals surface area contributed by atoms with Crippen molar-refractivity contribution in [1.29, 1.82) is 0 Å². The number of aliphatic carboxylic acids is 1. The Bertz CT molecular complexity index is 823. The summed E-state index contributed by atoms with van der Waals surface area (Å²) in [4.78, 5) is 21.7. The van der Waals surface area contributed by atoms with E-state index in [1.807, 2.05) is 24.1 Å². The van der Waals surface area contributed by atoms with Crippen molar-refractivity contribution >= 4 is 5.97 Å². The predicted octanol–water partition coefficient (Wildman–Crippen LogP) is 3.47. The third-order valence-corrected chi connectivity index (χ3v) is 5.12. The van der Waals surface area contributed by atoms with Crippen molar-refractivity contribution in [3.63, 3.8) is 0 Å². The van der Waals surface area contributed by atoms with Gasteiger partial charge in [0.2, 0.25) is 0 Å². The van der Waals surface area contributed by atoms with Gasteiger partial charge in [-0.15, -0.1) is 0 Å². The molecule has 0 radical (unpaired) electrons. The maximum Gasteiger partial charge on any atom is 0.304 e. The number of hydrogen-bond acceptors (Lipinski definition) is 5. The lowest BCUT2D eigenvalue weighted by Gasteiger charge is -2.24. The lowest BCUT2D eigenvalue weighted by atomic mass is 9.93. The van der Waals surface area contributed by atoms with Gasteiger partial charge in [-0.3, -0.25) is 4.79 Å². The van der Waals surface area contributed by atoms with E-state index in [9.17, 15) is 9.90 Å². The lowest BCUT2D eigenvalue weighted by Crippen LogP contribution is -2.22. The van der Waals surface area contributed by atoms with E-state index in [-0.39, 0.29) is 12.3 Å². The zero-order valence-electron chi connectivity index (χ0n) is 16.3. The number of carboxylic acid groups (broad SMARTS) is 1. The molecule has 3 rings (SSSR count). The van der Waals surface area contributed by atoms with Crippen LogP contribution in [0.5, 0.6) is 5.75 Å². The maximum atomic E-state index is 11.2. The zero-order chi connectivity index (χ0) is 19.9. The Hall–Kier alpha value is -2.89. The first-order chi connectivity index (χ1) is 13.5. The molecule has 1 aromatic carbocycles. The van der Waals surface area contributed by atoms with Gasteiger partial charge in [0.25, 0.3) is 0 Å². The minimum Gasteiger partial charge on any atom is -0.494 e. The van der Waals surface area contributed by atoms with Gasteiger partial charge < -0.3 is 14.7 Å². The number of rotatable bonds is 8. The van der Waals surface area contributed by atoms with E-state index in [0.29, 0.717) is 19.6 Å². The van der Waals surface area contributed by atoms with E-state index in [1.54, 1.807) is 12.4 Å². The Morgan fingerprint density at radius 2 is 2.07 bits per heavy atom. The molecule has 0 amide bonds. The van der Waals surface area contributed by atoms with E-state index in [2.05, 4.69) is 28.7 Å². The molecule has 0 saturated heterocycles. The van der Waals surface area contributed by atoms with E-state index < -0.39 is 5.97 Å². The Morgan fingerprint density at radius 1 is 1.29 bits per heavy atom. The number of carbonyl (C=O) groups is 1. The van der Waals surface area contributed by atoms with Crippen LogP contribution in [0.25, 0.3) is 0 Å². The monoisotopic (exact) mass is 381 g/mol. The van der Waals surface area contributed by atoms with E-state index in [1.165, 1.54) is 11.1 Å². The van der Waals surface area contributed by atoms with Crippen molar-refractivity contribution in [1.82, 2.24) is 14.9 Å². The van der Waals surface area contributed by atoms with Crippen LogP contribution in [0, 0.1) is 5.92 Å². The SMILES string of the molecule is C=C1[C@H](CC(=O)O)Cc2ccc(OCCCCc3ncccn3)cc2CN1C. The molecule has 0 aliphatic carbocycles. The minimum absolute atomic E-state index is 0.0734. The van der Waals surface area contributed by atoms with Crippen LogP contribution in [0.15, 0.2) is 48.9 Å². The Kier molecular flexibility index (Phi) is 6.63. The average molecular weight is 381 g/mol. The summed E-state index contributed by atoms with van der Waals surface area (Å²) >= 11 is 0. The smallest absolute Gasteiger partial charge is 0.304 e. The molecule has 1 N–H and O–H groups in total. The van der Waals surface area contributed by atoms with Crippen LogP contribution in [0.4, 0.5) is 0 Å². The maximum absolute atomic E-state index is 11.2. The molecule has 0 saturated carbocycles. The van der Waals surface area contributed by atoms with E-state index >= 15 is 0 Å². The molecule has 6 heteroatoms. The van der Waals surface area contributed by atoms with Gasteiger partial charge in [-0.1, -0.05) is 12.6 Å². The normalized spacial score (nSPS) is 16.4. The van der Waals surface area contributed by atoms with Gasteiger partial charge in [0.1, 0.15) is 11.6 Å². The van der Waals surface area contributed by atoms with Gasteiger partial charge in [0, 0.05) is 44.0 Å². The van der Waals surface area contributed by atoms with Gasteiger partial charge in [0.15, 0.2) is 0 Å². The number of aryl methyl sites for hydroxylation is 1. The molecule has 28 heavy (non-hydrogen) atoms. The van der Waals surface area contributed by atoms with Crippen LogP contribution in [-0.4, -0.2) is 39.6 Å². The fourth-order valence-electron chi connectivity index (χ4n) is 3.53. The number of carboxylic acids is 1. The molecule has 2 heterocycles. The van der Waals surface area contributed by atoms with Crippen LogP contribution in [0.3, 0.4) is 0 Å². The third-order valence-electron chi connectivity index (χ3n) is 5.12. The van der Waals surface area contributed by atoms with Crippen LogP contribution in [0.2, 0.25) is 0 Å². The second-order valence-electron chi connectivity index (χ2n) is 7.25. The molecule has 1 aliphatic heterocycles. The summed E-state index contributed by atoms with van der Waals surface area (Å²) in [6.07, 6.45) is 7.10. The van der Waals surface area contributed by atoms with Crippen molar-refractivity contribution < 1.29 is 14.6 Å². The molecule has 0 bridgehead atoms. The first-order valence-corrected chi connectivity index (χ1v) is 9.65. The van der Waals surface area contributed by atoms with Gasteiger partial charge in [-0.2, -0.15) is 0 Å². The summed E-state index contributed by atoms with van der Waals surface area (Å²) in [5.41, 5.74) is 3.22. The molecule has 0 spiro atoms.